The number of benzene rings is 1. The molecule has 0 aliphatic heterocycles. The van der Waals surface area contributed by atoms with E-state index in [0.717, 1.165) is 0 Å². The van der Waals surface area contributed by atoms with Gasteiger partial charge in [-0.3, -0.25) is 4.79 Å². The van der Waals surface area contributed by atoms with Crippen LogP contribution in [-0.2, 0) is 6.18 Å². The highest BCUT2D eigenvalue weighted by molar-refractivity contribution is 7.17. The molecule has 0 atom stereocenters. The van der Waals surface area contributed by atoms with E-state index in [2.05, 4.69) is 10.3 Å². The number of rotatable bonds is 4. The number of amides is 1. The van der Waals surface area contributed by atoms with Crippen molar-refractivity contribution in [2.45, 2.75) is 33.1 Å². The number of alkyl halides is 3. The molecule has 130 valence electrons. The van der Waals surface area contributed by atoms with E-state index in [1.807, 2.05) is 13.8 Å². The van der Waals surface area contributed by atoms with Crippen LogP contribution < -0.4 is 10.1 Å². The third-order valence-corrected chi connectivity index (χ3v) is 4.13. The first-order valence-electron chi connectivity index (χ1n) is 6.90. The number of carbonyl (C=O) groups is 1. The summed E-state index contributed by atoms with van der Waals surface area (Å²) < 4.78 is 44.0. The molecule has 2 aromatic rings. The lowest BCUT2D eigenvalue weighted by molar-refractivity contribution is -0.141. The van der Waals surface area contributed by atoms with Crippen molar-refractivity contribution >= 4 is 34.5 Å². The van der Waals surface area contributed by atoms with Gasteiger partial charge in [-0.05, 0) is 32.9 Å². The second kappa shape index (κ2) is 6.98. The van der Waals surface area contributed by atoms with Gasteiger partial charge in [0, 0.05) is 11.3 Å². The highest BCUT2D eigenvalue weighted by Crippen LogP contribution is 2.36. The summed E-state index contributed by atoms with van der Waals surface area (Å²) in [5, 5.41) is 2.46. The average molecular weight is 379 g/mol. The smallest absolute Gasteiger partial charge is 0.435 e. The van der Waals surface area contributed by atoms with E-state index < -0.39 is 22.7 Å². The fourth-order valence-corrected chi connectivity index (χ4v) is 2.97. The number of thiazole rings is 1. The van der Waals surface area contributed by atoms with Gasteiger partial charge in [-0.2, -0.15) is 13.2 Å². The summed E-state index contributed by atoms with van der Waals surface area (Å²) >= 11 is 6.02. The number of hydrogen-bond donors (Lipinski definition) is 1. The molecule has 1 N–H and O–H groups in total. The molecule has 0 fully saturated rings. The van der Waals surface area contributed by atoms with Gasteiger partial charge < -0.3 is 10.1 Å². The molecule has 1 aromatic heterocycles. The molecule has 4 nitrogen and oxygen atoms in total. The predicted octanol–water partition coefficient (Wildman–Crippen LogP) is 5.16. The molecule has 1 amide bonds. The lowest BCUT2D eigenvalue weighted by Gasteiger charge is -2.15. The molecule has 0 saturated carbocycles. The Balaban J connectivity index is 2.31. The zero-order valence-electron chi connectivity index (χ0n) is 13.0. The van der Waals surface area contributed by atoms with Crippen LogP contribution in [0.2, 0.25) is 4.47 Å². The second-order valence-electron chi connectivity index (χ2n) is 5.19. The SMILES string of the molecule is Cc1c(NC(=O)c2sc(Cl)nc2C(F)(F)F)cccc1OC(C)C. The molecule has 0 saturated heterocycles. The lowest BCUT2D eigenvalue weighted by Crippen LogP contribution is -2.18. The number of anilines is 1. The van der Waals surface area contributed by atoms with E-state index in [0.29, 0.717) is 28.3 Å². The van der Waals surface area contributed by atoms with Crippen LogP contribution in [0.3, 0.4) is 0 Å². The van der Waals surface area contributed by atoms with Gasteiger partial charge in [0.25, 0.3) is 5.91 Å². The lowest BCUT2D eigenvalue weighted by atomic mass is 10.1. The normalized spacial score (nSPS) is 11.7. The molecule has 0 unspecified atom stereocenters. The highest BCUT2D eigenvalue weighted by Gasteiger charge is 2.39. The van der Waals surface area contributed by atoms with Crippen molar-refractivity contribution in [1.29, 1.82) is 0 Å². The van der Waals surface area contributed by atoms with Crippen molar-refractivity contribution in [2.24, 2.45) is 0 Å². The van der Waals surface area contributed by atoms with Gasteiger partial charge in [0.05, 0.1) is 6.10 Å². The Bertz CT molecular complexity index is 760. The minimum absolute atomic E-state index is 0.0770. The number of carbonyl (C=O) groups excluding carboxylic acids is 1. The first-order valence-corrected chi connectivity index (χ1v) is 8.10. The summed E-state index contributed by atoms with van der Waals surface area (Å²) in [6, 6.07) is 4.94. The Hall–Kier alpha value is -1.80. The first kappa shape index (κ1) is 18.5. The summed E-state index contributed by atoms with van der Waals surface area (Å²) in [5.74, 6) is -0.377. The zero-order chi connectivity index (χ0) is 18.1. The molecule has 0 bridgehead atoms. The Labute approximate surface area is 145 Å². The maximum absolute atomic E-state index is 12.9. The number of aromatic nitrogens is 1. The summed E-state index contributed by atoms with van der Waals surface area (Å²) in [5.41, 5.74) is -0.318. The van der Waals surface area contributed by atoms with Crippen LogP contribution in [0.25, 0.3) is 0 Å². The van der Waals surface area contributed by atoms with Crippen LogP contribution in [0.1, 0.15) is 34.8 Å². The molecule has 2 rings (SSSR count). The monoisotopic (exact) mass is 378 g/mol. The molecule has 0 radical (unpaired) electrons. The summed E-state index contributed by atoms with van der Waals surface area (Å²) in [4.78, 5) is 14.9. The van der Waals surface area contributed by atoms with Crippen LogP contribution in [0.15, 0.2) is 18.2 Å². The summed E-state index contributed by atoms with van der Waals surface area (Å²) in [7, 11) is 0. The van der Waals surface area contributed by atoms with Gasteiger partial charge in [-0.25, -0.2) is 4.98 Å². The Kier molecular flexibility index (Phi) is 5.39. The van der Waals surface area contributed by atoms with Crippen LogP contribution in [0.5, 0.6) is 5.75 Å². The van der Waals surface area contributed by atoms with Gasteiger partial charge in [-0.1, -0.05) is 29.0 Å². The van der Waals surface area contributed by atoms with Gasteiger partial charge in [0.15, 0.2) is 10.2 Å². The van der Waals surface area contributed by atoms with Crippen molar-refractivity contribution in [3.8, 4) is 5.75 Å². The molecule has 0 aliphatic rings. The second-order valence-corrected chi connectivity index (χ2v) is 6.77. The van der Waals surface area contributed by atoms with Crippen molar-refractivity contribution in [2.75, 3.05) is 5.32 Å². The molecule has 1 heterocycles. The summed E-state index contributed by atoms with van der Waals surface area (Å²) in [6.45, 7) is 5.40. The van der Waals surface area contributed by atoms with Gasteiger partial charge in [0.1, 0.15) is 10.6 Å². The number of ether oxygens (including phenoxy) is 1. The summed E-state index contributed by atoms with van der Waals surface area (Å²) in [6.07, 6.45) is -4.83. The van der Waals surface area contributed by atoms with Gasteiger partial charge in [0.2, 0.25) is 0 Å². The largest absolute Gasteiger partial charge is 0.491 e. The third-order valence-electron chi connectivity index (χ3n) is 2.97. The van der Waals surface area contributed by atoms with Crippen molar-refractivity contribution in [3.05, 3.63) is 38.8 Å². The minimum atomic E-state index is -4.76. The van der Waals surface area contributed by atoms with Crippen LogP contribution in [0.4, 0.5) is 18.9 Å². The van der Waals surface area contributed by atoms with E-state index >= 15 is 0 Å². The van der Waals surface area contributed by atoms with E-state index in [9.17, 15) is 18.0 Å². The highest BCUT2D eigenvalue weighted by atomic mass is 35.5. The van der Waals surface area contributed by atoms with Crippen molar-refractivity contribution in [1.82, 2.24) is 4.98 Å². The van der Waals surface area contributed by atoms with Gasteiger partial charge in [-0.15, -0.1) is 0 Å². The Morgan fingerprint density at radius 1 is 1.38 bits per heavy atom. The molecule has 24 heavy (non-hydrogen) atoms. The number of halogens is 4. The van der Waals surface area contributed by atoms with E-state index in [-0.39, 0.29) is 10.6 Å². The van der Waals surface area contributed by atoms with Crippen LogP contribution in [0, 0.1) is 6.92 Å². The van der Waals surface area contributed by atoms with Crippen LogP contribution in [-0.4, -0.2) is 17.0 Å². The Morgan fingerprint density at radius 2 is 2.04 bits per heavy atom. The fraction of sp³-hybridized carbons (Fsp3) is 0.333. The van der Waals surface area contributed by atoms with Crippen molar-refractivity contribution < 1.29 is 22.7 Å². The maximum atomic E-state index is 12.9. The van der Waals surface area contributed by atoms with E-state index in [4.69, 9.17) is 16.3 Å². The predicted molar refractivity (Wildman–Crippen MR) is 87.0 cm³/mol. The topological polar surface area (TPSA) is 51.2 Å². The van der Waals surface area contributed by atoms with Crippen molar-refractivity contribution in [3.63, 3.8) is 0 Å². The minimum Gasteiger partial charge on any atom is -0.491 e. The quantitative estimate of drug-likeness (QED) is 0.799. The molecular formula is C15H14ClF3N2O2S. The number of hydrogen-bond acceptors (Lipinski definition) is 4. The molecule has 9 heteroatoms. The van der Waals surface area contributed by atoms with Crippen LogP contribution >= 0.6 is 22.9 Å². The standard InChI is InChI=1S/C15H14ClF3N2O2S/c1-7(2)23-10-6-4-5-9(8(10)3)20-13(22)11-12(15(17,18)19)21-14(16)24-11/h4-7H,1-3H3,(H,20,22). The third kappa shape index (κ3) is 4.18. The molecule has 0 aliphatic carbocycles. The fourth-order valence-electron chi connectivity index (χ4n) is 1.95. The molecule has 0 spiro atoms. The zero-order valence-corrected chi connectivity index (χ0v) is 14.6. The van der Waals surface area contributed by atoms with Gasteiger partial charge >= 0.3 is 6.18 Å². The molecule has 1 aromatic carbocycles. The maximum Gasteiger partial charge on any atom is 0.435 e. The Morgan fingerprint density at radius 3 is 2.62 bits per heavy atom. The molecular weight excluding hydrogens is 365 g/mol. The number of nitrogens with one attached hydrogen (secondary N) is 1. The number of nitrogens with zero attached hydrogens (tertiary/aromatic N) is 1. The van der Waals surface area contributed by atoms with E-state index in [1.54, 1.807) is 25.1 Å². The van der Waals surface area contributed by atoms with E-state index in [1.165, 1.54) is 0 Å². The first-order chi connectivity index (χ1) is 11.1. The average Bonchev–Trinajstić information content (AvgIpc) is 2.85.